The second-order valence-electron chi connectivity index (χ2n) is 5.29. The van der Waals surface area contributed by atoms with Crippen molar-refractivity contribution in [1.29, 1.82) is 0 Å². The predicted molar refractivity (Wildman–Crippen MR) is 89.3 cm³/mol. The van der Waals surface area contributed by atoms with Gasteiger partial charge >= 0.3 is 0 Å². The summed E-state index contributed by atoms with van der Waals surface area (Å²) in [5.41, 5.74) is 0.936. The lowest BCUT2D eigenvalue weighted by Crippen LogP contribution is -2.47. The number of sulfonamides is 1. The number of nitrogens with one attached hydrogen (secondary N) is 1. The Hall–Kier alpha value is -2.48. The van der Waals surface area contributed by atoms with E-state index < -0.39 is 27.8 Å². The number of nitrogens with zero attached hydrogens (tertiary/aromatic N) is 2. The van der Waals surface area contributed by atoms with Crippen LogP contribution in [0.2, 0.25) is 0 Å². The molecule has 0 radical (unpaired) electrons. The monoisotopic (exact) mass is 351 g/mol. The molecule has 0 aliphatic carbocycles. The highest BCUT2D eigenvalue weighted by atomic mass is 32.2. The van der Waals surface area contributed by atoms with Gasteiger partial charge in [0, 0.05) is 18.9 Å². The minimum Gasteiger partial charge on any atom is -0.350 e. The van der Waals surface area contributed by atoms with Gasteiger partial charge in [-0.3, -0.25) is 14.1 Å². The largest absolute Gasteiger partial charge is 0.350 e. The molecule has 1 aromatic heterocycles. The fourth-order valence-corrected chi connectivity index (χ4v) is 3.43. The summed E-state index contributed by atoms with van der Waals surface area (Å²) in [7, 11) is -3.77. The number of aromatic nitrogens is 1. The van der Waals surface area contributed by atoms with Crippen molar-refractivity contribution in [2.24, 2.45) is 0 Å². The maximum absolute atomic E-state index is 13.4. The van der Waals surface area contributed by atoms with Crippen LogP contribution < -0.4 is 9.62 Å². The predicted octanol–water partition coefficient (Wildman–Crippen LogP) is 1.69. The summed E-state index contributed by atoms with van der Waals surface area (Å²) in [5, 5.41) is 2.67. The van der Waals surface area contributed by atoms with Gasteiger partial charge in [0.05, 0.1) is 11.9 Å². The second kappa shape index (κ2) is 7.39. The van der Waals surface area contributed by atoms with Crippen LogP contribution in [0.25, 0.3) is 0 Å². The highest BCUT2D eigenvalue weighted by Crippen LogP contribution is 2.21. The Labute approximate surface area is 140 Å². The highest BCUT2D eigenvalue weighted by molar-refractivity contribution is 7.92. The Bertz CT molecular complexity index is 812. The Kier molecular flexibility index (Phi) is 5.50. The molecule has 0 saturated carbocycles. The van der Waals surface area contributed by atoms with E-state index in [-0.39, 0.29) is 12.2 Å². The first-order valence-corrected chi connectivity index (χ1v) is 9.05. The fourth-order valence-electron chi connectivity index (χ4n) is 2.26. The van der Waals surface area contributed by atoms with Gasteiger partial charge < -0.3 is 5.32 Å². The maximum Gasteiger partial charge on any atom is 0.243 e. The molecule has 0 aliphatic heterocycles. The molecule has 1 N–H and O–H groups in total. The summed E-state index contributed by atoms with van der Waals surface area (Å²) in [5.74, 6) is -1.06. The molecule has 0 aliphatic rings. The van der Waals surface area contributed by atoms with E-state index >= 15 is 0 Å². The molecule has 0 unspecified atom stereocenters. The summed E-state index contributed by atoms with van der Waals surface area (Å²) < 4.78 is 38.5. The zero-order valence-corrected chi connectivity index (χ0v) is 14.1. The fraction of sp³-hybridized carbons (Fsp3) is 0.250. The lowest BCUT2D eigenvalue weighted by molar-refractivity contribution is -0.122. The average molecular weight is 351 g/mol. The molecule has 2 rings (SSSR count). The van der Waals surface area contributed by atoms with Gasteiger partial charge in [0.25, 0.3) is 0 Å². The molecule has 128 valence electrons. The third-order valence-electron chi connectivity index (χ3n) is 3.37. The number of carbonyl (C=O) groups is 1. The smallest absolute Gasteiger partial charge is 0.243 e. The summed E-state index contributed by atoms with van der Waals surface area (Å²) >= 11 is 0. The van der Waals surface area contributed by atoms with Gasteiger partial charge in [0.1, 0.15) is 11.9 Å². The minimum atomic E-state index is -3.77. The van der Waals surface area contributed by atoms with Crippen LogP contribution in [0.3, 0.4) is 0 Å². The van der Waals surface area contributed by atoms with E-state index in [1.54, 1.807) is 24.5 Å². The molecule has 0 fully saturated rings. The van der Waals surface area contributed by atoms with Crippen LogP contribution in [-0.4, -0.2) is 31.6 Å². The van der Waals surface area contributed by atoms with Crippen LogP contribution in [-0.2, 0) is 21.4 Å². The second-order valence-corrected chi connectivity index (χ2v) is 7.15. The zero-order valence-electron chi connectivity index (χ0n) is 13.3. The molecular weight excluding hydrogens is 333 g/mol. The Morgan fingerprint density at radius 1 is 1.29 bits per heavy atom. The molecule has 6 nitrogen and oxygen atoms in total. The number of pyridine rings is 1. The number of carbonyl (C=O) groups excluding carboxylic acids is 1. The van der Waals surface area contributed by atoms with Crippen LogP contribution in [0.5, 0.6) is 0 Å². The van der Waals surface area contributed by atoms with E-state index in [4.69, 9.17) is 0 Å². The van der Waals surface area contributed by atoms with Crippen molar-refractivity contribution in [2.75, 3.05) is 10.6 Å². The van der Waals surface area contributed by atoms with E-state index in [0.29, 0.717) is 0 Å². The van der Waals surface area contributed by atoms with Crippen LogP contribution in [0, 0.1) is 5.82 Å². The van der Waals surface area contributed by atoms with Crippen molar-refractivity contribution in [2.45, 2.75) is 19.5 Å². The number of hydrogen-bond acceptors (Lipinski definition) is 4. The molecule has 1 amide bonds. The van der Waals surface area contributed by atoms with Gasteiger partial charge in [-0.2, -0.15) is 0 Å². The van der Waals surface area contributed by atoms with E-state index in [1.165, 1.54) is 25.1 Å². The first kappa shape index (κ1) is 17.9. The quantitative estimate of drug-likeness (QED) is 0.859. The van der Waals surface area contributed by atoms with Gasteiger partial charge in [-0.1, -0.05) is 6.07 Å². The van der Waals surface area contributed by atoms with Crippen LogP contribution in [0.1, 0.15) is 12.5 Å². The van der Waals surface area contributed by atoms with Crippen LogP contribution >= 0.6 is 0 Å². The van der Waals surface area contributed by atoms with Crippen molar-refractivity contribution in [3.63, 3.8) is 0 Å². The number of rotatable bonds is 6. The van der Waals surface area contributed by atoms with Crippen molar-refractivity contribution >= 4 is 21.6 Å². The molecule has 24 heavy (non-hydrogen) atoms. The van der Waals surface area contributed by atoms with Crippen molar-refractivity contribution in [3.8, 4) is 0 Å². The van der Waals surface area contributed by atoms with Gasteiger partial charge in [-0.15, -0.1) is 0 Å². The zero-order chi connectivity index (χ0) is 17.7. The van der Waals surface area contributed by atoms with Gasteiger partial charge in [-0.05, 0) is 42.8 Å². The van der Waals surface area contributed by atoms with E-state index in [9.17, 15) is 17.6 Å². The molecule has 1 atom stereocenters. The van der Waals surface area contributed by atoms with Crippen molar-refractivity contribution in [1.82, 2.24) is 10.3 Å². The molecule has 8 heteroatoms. The molecule has 2 aromatic rings. The third kappa shape index (κ3) is 4.51. The summed E-state index contributed by atoms with van der Waals surface area (Å²) in [4.78, 5) is 16.2. The van der Waals surface area contributed by atoms with Crippen molar-refractivity contribution in [3.05, 3.63) is 60.2 Å². The minimum absolute atomic E-state index is 0.101. The third-order valence-corrected chi connectivity index (χ3v) is 4.61. The Morgan fingerprint density at radius 2 is 1.96 bits per heavy atom. The van der Waals surface area contributed by atoms with Gasteiger partial charge in [-0.25, -0.2) is 12.8 Å². The lowest BCUT2D eigenvalue weighted by Gasteiger charge is -2.28. The molecular formula is C16H18FN3O3S. The lowest BCUT2D eigenvalue weighted by atomic mass is 10.2. The molecule has 1 aromatic carbocycles. The number of hydrogen-bond donors (Lipinski definition) is 1. The van der Waals surface area contributed by atoms with E-state index in [2.05, 4.69) is 10.3 Å². The Balaban J connectivity index is 2.19. The number of amides is 1. The van der Waals surface area contributed by atoms with Crippen molar-refractivity contribution < 1.29 is 17.6 Å². The number of benzene rings is 1. The molecule has 1 heterocycles. The summed E-state index contributed by atoms with van der Waals surface area (Å²) in [6.45, 7) is 1.69. The normalized spacial score (nSPS) is 12.5. The van der Waals surface area contributed by atoms with Gasteiger partial charge in [0.2, 0.25) is 15.9 Å². The SMILES string of the molecule is C[C@H](C(=O)NCc1ccncc1)N(c1cccc(F)c1)S(C)(=O)=O. The van der Waals surface area contributed by atoms with Crippen LogP contribution in [0.15, 0.2) is 48.8 Å². The van der Waals surface area contributed by atoms with E-state index in [1.807, 2.05) is 0 Å². The summed E-state index contributed by atoms with van der Waals surface area (Å²) in [6.07, 6.45) is 4.17. The molecule has 0 bridgehead atoms. The number of halogens is 1. The summed E-state index contributed by atoms with van der Waals surface area (Å²) in [6, 6.07) is 7.58. The first-order valence-electron chi connectivity index (χ1n) is 7.20. The maximum atomic E-state index is 13.4. The highest BCUT2D eigenvalue weighted by Gasteiger charge is 2.29. The first-order chi connectivity index (χ1) is 11.3. The van der Waals surface area contributed by atoms with E-state index in [0.717, 1.165) is 22.2 Å². The van der Waals surface area contributed by atoms with Crippen LogP contribution in [0.4, 0.5) is 10.1 Å². The van der Waals surface area contributed by atoms with Gasteiger partial charge in [0.15, 0.2) is 0 Å². The standard InChI is InChI=1S/C16H18FN3O3S/c1-12(16(21)19-11-13-6-8-18-9-7-13)20(24(2,22)23)15-5-3-4-14(17)10-15/h3-10,12H,11H2,1-2H3,(H,19,21)/t12-/m1/s1. The Morgan fingerprint density at radius 3 is 2.54 bits per heavy atom. The molecule has 0 spiro atoms. The molecule has 0 saturated heterocycles. The number of anilines is 1. The topological polar surface area (TPSA) is 79.4 Å². The average Bonchev–Trinajstić information content (AvgIpc) is 2.52.